The first-order valence-electron chi connectivity index (χ1n) is 12.6. The third kappa shape index (κ3) is 4.64. The number of hydrogen-bond donors (Lipinski definition) is 3. The molecule has 0 bridgehead atoms. The summed E-state index contributed by atoms with van der Waals surface area (Å²) in [6, 6.07) is 16.1. The van der Waals surface area contributed by atoms with Gasteiger partial charge in [0.2, 0.25) is 5.91 Å². The second-order valence-corrected chi connectivity index (χ2v) is 10.1. The van der Waals surface area contributed by atoms with E-state index in [-0.39, 0.29) is 48.8 Å². The van der Waals surface area contributed by atoms with Crippen molar-refractivity contribution >= 4 is 18.0 Å². The molecule has 2 fully saturated rings. The summed E-state index contributed by atoms with van der Waals surface area (Å²) in [5.74, 6) is -0.479. The van der Waals surface area contributed by atoms with Gasteiger partial charge in [0.1, 0.15) is 6.61 Å². The van der Waals surface area contributed by atoms with Crippen molar-refractivity contribution in [1.82, 2.24) is 10.6 Å². The second kappa shape index (κ2) is 9.72. The van der Waals surface area contributed by atoms with Crippen molar-refractivity contribution in [1.29, 1.82) is 0 Å². The Hall–Kier alpha value is -3.35. The molecule has 2 aromatic carbocycles. The lowest BCUT2D eigenvalue weighted by molar-refractivity contribution is -0.141. The van der Waals surface area contributed by atoms with E-state index in [1.807, 2.05) is 31.2 Å². The molecule has 0 saturated heterocycles. The van der Waals surface area contributed by atoms with Gasteiger partial charge in [-0.1, -0.05) is 55.5 Å². The molecule has 184 valence electrons. The number of amides is 2. The molecule has 0 radical (unpaired) electrons. The predicted molar refractivity (Wildman–Crippen MR) is 131 cm³/mol. The van der Waals surface area contributed by atoms with Crippen molar-refractivity contribution in [3.63, 3.8) is 0 Å². The molecule has 3 aliphatic rings. The Bertz CT molecular complexity index is 1090. The highest BCUT2D eigenvalue weighted by molar-refractivity contribution is 5.80. The summed E-state index contributed by atoms with van der Waals surface area (Å²) in [6.45, 7) is 2.16. The lowest BCUT2D eigenvalue weighted by Crippen LogP contribution is -2.51. The molecule has 0 aliphatic heterocycles. The predicted octanol–water partition coefficient (Wildman–Crippen LogP) is 4.31. The van der Waals surface area contributed by atoms with Crippen molar-refractivity contribution in [2.24, 2.45) is 17.8 Å². The van der Waals surface area contributed by atoms with Crippen molar-refractivity contribution in [2.75, 3.05) is 6.61 Å². The third-order valence-electron chi connectivity index (χ3n) is 8.11. The van der Waals surface area contributed by atoms with Gasteiger partial charge in [-0.05, 0) is 59.8 Å². The van der Waals surface area contributed by atoms with E-state index in [0.717, 1.165) is 17.5 Å². The first-order chi connectivity index (χ1) is 16.9. The molecular weight excluding hydrogens is 444 g/mol. The monoisotopic (exact) mass is 476 g/mol. The number of carbonyl (C=O) groups excluding carboxylic acids is 2. The summed E-state index contributed by atoms with van der Waals surface area (Å²) in [4.78, 5) is 36.5. The van der Waals surface area contributed by atoms with E-state index in [2.05, 4.69) is 34.9 Å². The average molecular weight is 477 g/mol. The molecule has 5 atom stereocenters. The van der Waals surface area contributed by atoms with E-state index < -0.39 is 12.1 Å². The quantitative estimate of drug-likeness (QED) is 0.527. The fourth-order valence-electron chi connectivity index (χ4n) is 6.19. The highest BCUT2D eigenvalue weighted by atomic mass is 16.5. The summed E-state index contributed by atoms with van der Waals surface area (Å²) in [7, 11) is 0. The van der Waals surface area contributed by atoms with Crippen LogP contribution in [-0.2, 0) is 14.3 Å². The van der Waals surface area contributed by atoms with E-state index in [0.29, 0.717) is 25.2 Å². The van der Waals surface area contributed by atoms with Crippen molar-refractivity contribution in [2.45, 2.75) is 57.0 Å². The number of hydrogen-bond acceptors (Lipinski definition) is 4. The fraction of sp³-hybridized carbons (Fsp3) is 0.464. The molecule has 5 rings (SSSR count). The van der Waals surface area contributed by atoms with E-state index in [4.69, 9.17) is 4.74 Å². The first kappa shape index (κ1) is 23.4. The highest BCUT2D eigenvalue weighted by Crippen LogP contribution is 2.49. The molecular formula is C28H32N2O5. The van der Waals surface area contributed by atoms with Gasteiger partial charge in [-0.3, -0.25) is 9.59 Å². The molecule has 2 aromatic rings. The molecule has 3 aliphatic carbocycles. The maximum Gasteiger partial charge on any atom is 0.407 e. The number of fused-ring (bicyclic) bond motifs is 4. The number of carboxylic acids is 1. The zero-order chi connectivity index (χ0) is 24.5. The Balaban J connectivity index is 1.11. The van der Waals surface area contributed by atoms with Crippen LogP contribution in [0.4, 0.5) is 4.79 Å². The van der Waals surface area contributed by atoms with Gasteiger partial charge < -0.3 is 20.5 Å². The molecule has 2 saturated carbocycles. The van der Waals surface area contributed by atoms with Crippen LogP contribution in [0.2, 0.25) is 0 Å². The van der Waals surface area contributed by atoms with Gasteiger partial charge in [0.15, 0.2) is 0 Å². The Morgan fingerprint density at radius 2 is 1.66 bits per heavy atom. The first-order valence-corrected chi connectivity index (χ1v) is 12.6. The largest absolute Gasteiger partial charge is 0.481 e. The van der Waals surface area contributed by atoms with Crippen LogP contribution in [-0.4, -0.2) is 41.8 Å². The summed E-state index contributed by atoms with van der Waals surface area (Å²) < 4.78 is 5.62. The van der Waals surface area contributed by atoms with Crippen LogP contribution in [0.1, 0.15) is 56.1 Å². The minimum atomic E-state index is -0.734. The lowest BCUT2D eigenvalue weighted by Gasteiger charge is -2.41. The molecule has 35 heavy (non-hydrogen) atoms. The molecule has 0 spiro atoms. The second-order valence-electron chi connectivity index (χ2n) is 10.1. The number of aliphatic carboxylic acids is 1. The number of alkyl carbamates (subject to hydrolysis) is 1. The van der Waals surface area contributed by atoms with E-state index in [1.54, 1.807) is 0 Å². The van der Waals surface area contributed by atoms with Crippen molar-refractivity contribution in [3.8, 4) is 11.1 Å². The Kier molecular flexibility index (Phi) is 6.50. The average Bonchev–Trinajstić information content (AvgIpc) is 3.36. The maximum absolute atomic E-state index is 12.6. The lowest BCUT2D eigenvalue weighted by atomic mass is 9.71. The number of ether oxygens (including phenoxy) is 1. The number of nitrogens with one attached hydrogen (secondary N) is 2. The summed E-state index contributed by atoms with van der Waals surface area (Å²) in [6.07, 6.45) is 2.46. The van der Waals surface area contributed by atoms with Crippen molar-refractivity contribution < 1.29 is 24.2 Å². The van der Waals surface area contributed by atoms with Crippen LogP contribution < -0.4 is 10.6 Å². The Morgan fingerprint density at radius 1 is 1.00 bits per heavy atom. The van der Waals surface area contributed by atoms with Crippen molar-refractivity contribution in [3.05, 3.63) is 59.7 Å². The zero-order valence-electron chi connectivity index (χ0n) is 19.9. The molecule has 2 amide bonds. The van der Waals surface area contributed by atoms with Gasteiger partial charge in [-0.15, -0.1) is 0 Å². The normalized spacial score (nSPS) is 24.9. The minimum absolute atomic E-state index is 0.0101. The van der Waals surface area contributed by atoms with Crippen LogP contribution in [0.5, 0.6) is 0 Å². The standard InChI is InChI=1S/C28H32N2O5/c1-2-18(14-26(31)30-25-13-16-11-17(27(32)33)12-23(16)25)29-28(34)35-15-24-21-9-5-3-7-19(21)20-8-4-6-10-22(20)24/h3-10,16-18,23-25H,2,11-15H2,1H3,(H,29,34)(H,30,31)(H,32,33)/t16-,17?,18+,23-,25+/m0/s1. The van der Waals surface area contributed by atoms with Crippen LogP contribution in [0.15, 0.2) is 48.5 Å². The van der Waals surface area contributed by atoms with Gasteiger partial charge in [0, 0.05) is 24.4 Å². The topological polar surface area (TPSA) is 105 Å². The molecule has 0 heterocycles. The van der Waals surface area contributed by atoms with Crippen LogP contribution in [0.25, 0.3) is 11.1 Å². The molecule has 3 N–H and O–H groups in total. The van der Waals surface area contributed by atoms with E-state index in [9.17, 15) is 19.5 Å². The van der Waals surface area contributed by atoms with Crippen LogP contribution >= 0.6 is 0 Å². The molecule has 0 aromatic heterocycles. The maximum atomic E-state index is 12.6. The van der Waals surface area contributed by atoms with Gasteiger partial charge in [-0.25, -0.2) is 4.79 Å². The third-order valence-corrected chi connectivity index (χ3v) is 8.11. The molecule has 7 heteroatoms. The summed E-state index contributed by atoms with van der Waals surface area (Å²) >= 11 is 0. The molecule has 1 unspecified atom stereocenters. The van der Waals surface area contributed by atoms with Gasteiger partial charge in [-0.2, -0.15) is 0 Å². The van der Waals surface area contributed by atoms with Crippen LogP contribution in [0, 0.1) is 17.8 Å². The number of carbonyl (C=O) groups is 3. The SMILES string of the molecule is CC[C@H](CC(=O)N[C@@H]1C[C@@H]2CC(C(=O)O)C[C@@H]21)NC(=O)OCC1c2ccccc2-c2ccccc21. The smallest absolute Gasteiger partial charge is 0.407 e. The summed E-state index contributed by atoms with van der Waals surface area (Å²) in [5, 5.41) is 15.2. The number of rotatable bonds is 8. The summed E-state index contributed by atoms with van der Waals surface area (Å²) in [5.41, 5.74) is 4.67. The van der Waals surface area contributed by atoms with Gasteiger partial charge in [0.05, 0.1) is 5.92 Å². The van der Waals surface area contributed by atoms with Gasteiger partial charge >= 0.3 is 12.1 Å². The molecule has 7 nitrogen and oxygen atoms in total. The van der Waals surface area contributed by atoms with Gasteiger partial charge in [0.25, 0.3) is 0 Å². The van der Waals surface area contributed by atoms with E-state index >= 15 is 0 Å². The number of benzene rings is 2. The van der Waals surface area contributed by atoms with E-state index in [1.165, 1.54) is 11.1 Å². The highest BCUT2D eigenvalue weighted by Gasteiger charge is 2.49. The Morgan fingerprint density at radius 3 is 2.29 bits per heavy atom. The minimum Gasteiger partial charge on any atom is -0.481 e. The Labute approximate surface area is 205 Å². The number of carboxylic acid groups (broad SMARTS) is 1. The van der Waals surface area contributed by atoms with Crippen LogP contribution in [0.3, 0.4) is 0 Å². The zero-order valence-corrected chi connectivity index (χ0v) is 19.9. The fourth-order valence-corrected chi connectivity index (χ4v) is 6.19.